The number of fused-ring (bicyclic) bond motifs is 1. The van der Waals surface area contributed by atoms with Gasteiger partial charge in [0.05, 0.1) is 17.6 Å². The van der Waals surface area contributed by atoms with Crippen LogP contribution >= 0.6 is 23.2 Å². The van der Waals surface area contributed by atoms with E-state index in [1.807, 2.05) is 0 Å². The molecule has 0 aliphatic rings. The van der Waals surface area contributed by atoms with E-state index in [0.29, 0.717) is 20.8 Å². The predicted octanol–water partition coefficient (Wildman–Crippen LogP) is 2.43. The highest BCUT2D eigenvalue weighted by molar-refractivity contribution is 7.89. The van der Waals surface area contributed by atoms with Gasteiger partial charge in [-0.05, 0) is 24.3 Å². The molecule has 0 aliphatic heterocycles. The highest BCUT2D eigenvalue weighted by Crippen LogP contribution is 2.31. The summed E-state index contributed by atoms with van der Waals surface area (Å²) in [4.78, 5) is 0.0498. The molecular weight excluding hydrogens is 349 g/mol. The van der Waals surface area contributed by atoms with Crippen LogP contribution < -0.4 is 4.72 Å². The minimum Gasteiger partial charge on any atom is -0.389 e. The van der Waals surface area contributed by atoms with Crippen LogP contribution in [0, 0.1) is 0 Å². The maximum absolute atomic E-state index is 12.2. The lowest BCUT2D eigenvalue weighted by atomic mass is 10.1. The fourth-order valence-electron chi connectivity index (χ4n) is 1.96. The number of hydrogen-bond acceptors (Lipinski definition) is 4. The van der Waals surface area contributed by atoms with Gasteiger partial charge in [0.25, 0.3) is 0 Å². The minimum atomic E-state index is -3.76. The van der Waals surface area contributed by atoms with Crippen molar-refractivity contribution >= 4 is 44.0 Å². The van der Waals surface area contributed by atoms with Gasteiger partial charge in [-0.15, -0.1) is 0 Å². The second-order valence-corrected chi connectivity index (χ2v) is 7.28. The molecule has 0 amide bonds. The van der Waals surface area contributed by atoms with E-state index in [2.05, 4.69) is 4.72 Å². The van der Waals surface area contributed by atoms with E-state index >= 15 is 0 Å². The molecule has 2 aromatic rings. The fraction of sp³-hybridized carbons (Fsp3) is 0.286. The zero-order valence-corrected chi connectivity index (χ0v) is 14.0. The standard InChI is InChI=1S/C14H15Cl2NO4S/c1-21-8-9(18)7-17-22(19,20)10-2-3-11-12(6-10)14(16)5-4-13(11)15/h2-6,9,17-18H,7-8H2,1H3. The Morgan fingerprint density at radius 2 is 1.82 bits per heavy atom. The van der Waals surface area contributed by atoms with Crippen molar-refractivity contribution in [2.75, 3.05) is 20.3 Å². The molecule has 120 valence electrons. The lowest BCUT2D eigenvalue weighted by Crippen LogP contribution is -2.34. The van der Waals surface area contributed by atoms with Gasteiger partial charge >= 0.3 is 0 Å². The number of sulfonamides is 1. The van der Waals surface area contributed by atoms with Crippen LogP contribution in [0.3, 0.4) is 0 Å². The molecule has 2 N–H and O–H groups in total. The Kier molecular flexibility index (Phi) is 5.65. The summed E-state index contributed by atoms with van der Waals surface area (Å²) in [5, 5.41) is 11.7. The number of benzene rings is 2. The van der Waals surface area contributed by atoms with Gasteiger partial charge in [-0.25, -0.2) is 13.1 Å². The number of hydrogen-bond donors (Lipinski definition) is 2. The molecule has 22 heavy (non-hydrogen) atoms. The second kappa shape index (κ2) is 7.12. The molecule has 0 fully saturated rings. The molecule has 0 aromatic heterocycles. The third kappa shape index (κ3) is 3.90. The Labute approximate surface area is 138 Å². The van der Waals surface area contributed by atoms with Crippen molar-refractivity contribution in [3.05, 3.63) is 40.4 Å². The van der Waals surface area contributed by atoms with E-state index in [0.717, 1.165) is 0 Å². The Bertz CT molecular complexity index is 780. The van der Waals surface area contributed by atoms with Crippen LogP contribution in [-0.2, 0) is 14.8 Å². The Morgan fingerprint density at radius 1 is 1.18 bits per heavy atom. The molecule has 1 unspecified atom stereocenters. The maximum atomic E-state index is 12.2. The van der Waals surface area contributed by atoms with E-state index in [4.69, 9.17) is 27.9 Å². The fourth-order valence-corrected chi connectivity index (χ4v) is 3.51. The molecule has 0 saturated heterocycles. The predicted molar refractivity (Wildman–Crippen MR) is 87.0 cm³/mol. The van der Waals surface area contributed by atoms with Gasteiger partial charge in [-0.3, -0.25) is 0 Å². The number of ether oxygens (including phenoxy) is 1. The van der Waals surface area contributed by atoms with E-state index in [1.54, 1.807) is 18.2 Å². The van der Waals surface area contributed by atoms with Crippen molar-refractivity contribution in [3.63, 3.8) is 0 Å². The van der Waals surface area contributed by atoms with Crippen LogP contribution in [0.25, 0.3) is 10.8 Å². The molecule has 5 nitrogen and oxygen atoms in total. The lowest BCUT2D eigenvalue weighted by Gasteiger charge is -2.12. The Balaban J connectivity index is 2.32. The zero-order chi connectivity index (χ0) is 16.3. The highest BCUT2D eigenvalue weighted by Gasteiger charge is 2.17. The van der Waals surface area contributed by atoms with Crippen LogP contribution in [0.5, 0.6) is 0 Å². The smallest absolute Gasteiger partial charge is 0.240 e. The quantitative estimate of drug-likeness (QED) is 0.826. The van der Waals surface area contributed by atoms with Crippen LogP contribution in [0.4, 0.5) is 0 Å². The molecule has 0 spiro atoms. The van der Waals surface area contributed by atoms with Gasteiger partial charge < -0.3 is 9.84 Å². The number of rotatable bonds is 6. The molecular formula is C14H15Cl2NO4S. The minimum absolute atomic E-state index is 0.0433. The van der Waals surface area contributed by atoms with E-state index in [-0.39, 0.29) is 18.0 Å². The molecule has 1 atom stereocenters. The summed E-state index contributed by atoms with van der Waals surface area (Å²) in [6.45, 7) is -0.0981. The van der Waals surface area contributed by atoms with Crippen molar-refractivity contribution in [3.8, 4) is 0 Å². The molecule has 0 heterocycles. The van der Waals surface area contributed by atoms with Crippen LogP contribution in [0.1, 0.15) is 0 Å². The normalized spacial score (nSPS) is 13.5. The average molecular weight is 364 g/mol. The summed E-state index contributed by atoms with van der Waals surface area (Å²) < 4.78 is 31.6. The summed E-state index contributed by atoms with van der Waals surface area (Å²) >= 11 is 12.2. The first-order valence-corrected chi connectivity index (χ1v) is 8.63. The third-order valence-corrected chi connectivity index (χ3v) is 5.14. The van der Waals surface area contributed by atoms with Crippen LogP contribution in [-0.4, -0.2) is 39.9 Å². The number of methoxy groups -OCH3 is 1. The number of halogens is 2. The maximum Gasteiger partial charge on any atom is 0.240 e. The first kappa shape index (κ1) is 17.5. The van der Waals surface area contributed by atoms with Gasteiger partial charge in [0.1, 0.15) is 0 Å². The van der Waals surface area contributed by atoms with Gasteiger partial charge in [-0.1, -0.05) is 29.3 Å². The molecule has 0 bridgehead atoms. The van der Waals surface area contributed by atoms with Crippen molar-refractivity contribution in [1.29, 1.82) is 0 Å². The van der Waals surface area contributed by atoms with Crippen molar-refractivity contribution in [2.45, 2.75) is 11.0 Å². The SMILES string of the molecule is COCC(O)CNS(=O)(=O)c1ccc2c(Cl)ccc(Cl)c2c1. The number of aliphatic hydroxyl groups excluding tert-OH is 1. The van der Waals surface area contributed by atoms with E-state index < -0.39 is 16.1 Å². The van der Waals surface area contributed by atoms with Crippen LogP contribution in [0.15, 0.2) is 35.2 Å². The zero-order valence-electron chi connectivity index (χ0n) is 11.7. The molecule has 2 aromatic carbocycles. The van der Waals surface area contributed by atoms with Crippen molar-refractivity contribution in [2.24, 2.45) is 0 Å². The monoisotopic (exact) mass is 363 g/mol. The summed E-state index contributed by atoms with van der Waals surface area (Å²) in [6, 6.07) is 7.76. The van der Waals surface area contributed by atoms with Gasteiger partial charge in [-0.2, -0.15) is 0 Å². The summed E-state index contributed by atoms with van der Waals surface area (Å²) in [6.07, 6.45) is -0.918. The second-order valence-electron chi connectivity index (χ2n) is 4.70. The Morgan fingerprint density at radius 3 is 2.45 bits per heavy atom. The first-order chi connectivity index (χ1) is 10.3. The molecule has 0 saturated carbocycles. The number of nitrogens with one attached hydrogen (secondary N) is 1. The van der Waals surface area contributed by atoms with Crippen molar-refractivity contribution < 1.29 is 18.3 Å². The van der Waals surface area contributed by atoms with E-state index in [1.165, 1.54) is 19.2 Å². The van der Waals surface area contributed by atoms with Crippen LogP contribution in [0.2, 0.25) is 10.0 Å². The summed E-state index contributed by atoms with van der Waals surface area (Å²) in [7, 11) is -2.34. The lowest BCUT2D eigenvalue weighted by molar-refractivity contribution is 0.0679. The van der Waals surface area contributed by atoms with Gasteiger partial charge in [0.15, 0.2) is 0 Å². The average Bonchev–Trinajstić information content (AvgIpc) is 2.49. The highest BCUT2D eigenvalue weighted by atomic mass is 35.5. The summed E-state index contributed by atoms with van der Waals surface area (Å²) in [5.41, 5.74) is 0. The van der Waals surface area contributed by atoms with Crippen molar-refractivity contribution in [1.82, 2.24) is 4.72 Å². The largest absolute Gasteiger partial charge is 0.389 e. The molecule has 0 aliphatic carbocycles. The molecule has 8 heteroatoms. The van der Waals surface area contributed by atoms with Gasteiger partial charge in [0.2, 0.25) is 10.0 Å². The first-order valence-electron chi connectivity index (χ1n) is 6.39. The molecule has 2 rings (SSSR count). The number of aliphatic hydroxyl groups is 1. The molecule has 0 radical (unpaired) electrons. The Hall–Kier alpha value is -0.890. The summed E-state index contributed by atoms with van der Waals surface area (Å²) in [5.74, 6) is 0. The van der Waals surface area contributed by atoms with E-state index in [9.17, 15) is 13.5 Å². The third-order valence-electron chi connectivity index (χ3n) is 3.06. The van der Waals surface area contributed by atoms with Gasteiger partial charge in [0, 0.05) is 34.5 Å². The topological polar surface area (TPSA) is 75.6 Å².